The zero-order chi connectivity index (χ0) is 81.6. The molecule has 0 aromatic heterocycles. The highest BCUT2D eigenvalue weighted by atomic mass is 16.7. The first-order valence-corrected chi connectivity index (χ1v) is 36.3. The third-order valence-corrected chi connectivity index (χ3v) is 20.4. The number of methoxy groups -OCH3 is 2. The van der Waals surface area contributed by atoms with Gasteiger partial charge in [0.05, 0.1) is 68.5 Å². The van der Waals surface area contributed by atoms with Crippen LogP contribution in [-0.2, 0) is 114 Å². The van der Waals surface area contributed by atoms with E-state index in [9.17, 15) is 43.8 Å². The van der Waals surface area contributed by atoms with E-state index in [4.69, 9.17) is 80.5 Å². The molecule has 18 unspecified atom stereocenters. The zero-order valence-electron chi connectivity index (χ0n) is 68.1. The monoisotopic (exact) mass is 1500 g/mol. The van der Waals surface area contributed by atoms with Gasteiger partial charge in [-0.2, -0.15) is 0 Å². The summed E-state index contributed by atoms with van der Waals surface area (Å²) in [6, 6.07) is 0. The highest BCUT2D eigenvalue weighted by Crippen LogP contribution is 2.61. The van der Waals surface area contributed by atoms with Gasteiger partial charge >= 0.3 is 41.8 Å². The van der Waals surface area contributed by atoms with E-state index in [1.807, 2.05) is 69.2 Å². The van der Waals surface area contributed by atoms with Gasteiger partial charge in [-0.1, -0.05) is 66.8 Å². The molecule has 106 heavy (non-hydrogen) atoms. The summed E-state index contributed by atoms with van der Waals surface area (Å²) in [6.07, 6.45) is 3.88. The molecule has 2 aliphatic carbocycles. The van der Waals surface area contributed by atoms with Crippen molar-refractivity contribution in [1.82, 2.24) is 0 Å². The van der Waals surface area contributed by atoms with E-state index < -0.39 is 70.1 Å². The topological polar surface area (TPSA) is 317 Å². The van der Waals surface area contributed by atoms with Crippen molar-refractivity contribution in [1.29, 1.82) is 0 Å². The van der Waals surface area contributed by atoms with E-state index in [0.717, 1.165) is 19.3 Å². The lowest BCUT2D eigenvalue weighted by Gasteiger charge is -2.31. The van der Waals surface area contributed by atoms with Crippen molar-refractivity contribution in [3.63, 3.8) is 0 Å². The molecule has 26 nitrogen and oxygen atoms in total. The van der Waals surface area contributed by atoms with Crippen LogP contribution in [0.2, 0.25) is 0 Å². The molecule has 7 saturated heterocycles. The number of carbonyl (C=O) groups excluding carboxylic acids is 7. The second kappa shape index (κ2) is 38.1. The van der Waals surface area contributed by atoms with Crippen molar-refractivity contribution in [3.05, 3.63) is 85.1 Å². The summed E-state index contributed by atoms with van der Waals surface area (Å²) < 4.78 is 91.6. The van der Waals surface area contributed by atoms with Gasteiger partial charge in [0.2, 0.25) is 11.6 Å². The van der Waals surface area contributed by atoms with Crippen LogP contribution in [0.5, 0.6) is 0 Å². The first kappa shape index (κ1) is 94.2. The summed E-state index contributed by atoms with van der Waals surface area (Å²) in [5.41, 5.74) is 0.890. The van der Waals surface area contributed by atoms with Gasteiger partial charge in [0.1, 0.15) is 29.5 Å². The average molecular weight is 1510 g/mol. The summed E-state index contributed by atoms with van der Waals surface area (Å²) >= 11 is 0. The van der Waals surface area contributed by atoms with Crippen molar-refractivity contribution >= 4 is 41.8 Å². The van der Waals surface area contributed by atoms with E-state index in [2.05, 4.69) is 59.9 Å². The van der Waals surface area contributed by atoms with Crippen LogP contribution in [0.4, 0.5) is 0 Å². The number of carbonyl (C=O) groups is 7. The first-order chi connectivity index (χ1) is 48.4. The van der Waals surface area contributed by atoms with E-state index in [1.54, 1.807) is 90.4 Å². The molecule has 7 aliphatic heterocycles. The van der Waals surface area contributed by atoms with Gasteiger partial charge in [-0.25, -0.2) is 33.6 Å². The number of hydrogen-bond acceptors (Lipinski definition) is 26. The van der Waals surface area contributed by atoms with E-state index in [0.29, 0.717) is 109 Å². The molecule has 9 rings (SSSR count). The van der Waals surface area contributed by atoms with Crippen LogP contribution < -0.4 is 0 Å². The van der Waals surface area contributed by atoms with Gasteiger partial charge in [0.25, 0.3) is 0 Å². The molecule has 0 spiro atoms. The Morgan fingerprint density at radius 1 is 0.481 bits per heavy atom. The number of ether oxygens (including phenoxy) is 17. The summed E-state index contributed by atoms with van der Waals surface area (Å²) in [7, 11) is 3.15. The maximum Gasteiger partial charge on any atom is 0.333 e. The summed E-state index contributed by atoms with van der Waals surface area (Å²) in [6.45, 7) is 68.3. The minimum Gasteiger partial charge on any atom is -0.456 e. The Morgan fingerprint density at radius 2 is 0.915 bits per heavy atom. The molecule has 26 heteroatoms. The highest BCUT2D eigenvalue weighted by Gasteiger charge is 2.65. The molecule has 0 radical (unpaired) electrons. The summed E-state index contributed by atoms with van der Waals surface area (Å²) in [4.78, 5) is 79.7. The van der Waals surface area contributed by atoms with Crippen LogP contribution in [0.15, 0.2) is 85.1 Å². The van der Waals surface area contributed by atoms with Gasteiger partial charge in [-0.3, -0.25) is 0 Å². The number of fused-ring (bicyclic) bond motifs is 1. The third kappa shape index (κ3) is 25.5. The van der Waals surface area contributed by atoms with Crippen LogP contribution in [0.25, 0.3) is 0 Å². The van der Waals surface area contributed by atoms with Crippen LogP contribution in [0.3, 0.4) is 0 Å². The average Bonchev–Trinajstić information content (AvgIpc) is 1.55. The minimum atomic E-state index is -1.36. The van der Waals surface area contributed by atoms with E-state index in [1.165, 1.54) is 0 Å². The molecule has 2 bridgehead atoms. The fourth-order valence-electron chi connectivity index (χ4n) is 13.2. The molecule has 0 amide bonds. The minimum absolute atomic E-state index is 0.0223. The number of hydrogen-bond donors (Lipinski definition) is 2. The molecule has 2 N–H and O–H groups in total. The van der Waals surface area contributed by atoms with Gasteiger partial charge in [-0.05, 0) is 169 Å². The third-order valence-electron chi connectivity index (χ3n) is 20.4. The zero-order valence-corrected chi connectivity index (χ0v) is 68.1. The number of esters is 7. The summed E-state index contributed by atoms with van der Waals surface area (Å²) in [5.74, 6) is -6.11. The lowest BCUT2D eigenvalue weighted by molar-refractivity contribution is -0.254. The van der Waals surface area contributed by atoms with Crippen molar-refractivity contribution in [2.75, 3.05) is 47.3 Å². The Bertz CT molecular complexity index is 3180. The van der Waals surface area contributed by atoms with Crippen molar-refractivity contribution in [3.8, 4) is 0 Å². The molecule has 0 aromatic carbocycles. The lowest BCUT2D eigenvalue weighted by atomic mass is 9.80. The maximum atomic E-state index is 11.6. The molecule has 9 fully saturated rings. The Morgan fingerprint density at radius 3 is 1.34 bits per heavy atom. The quantitative estimate of drug-likeness (QED) is 0.0689. The smallest absolute Gasteiger partial charge is 0.333 e. The second-order valence-electron chi connectivity index (χ2n) is 31.9. The first-order valence-electron chi connectivity index (χ1n) is 36.3. The molecule has 0 aromatic rings. The van der Waals surface area contributed by atoms with E-state index >= 15 is 0 Å². The molecule has 9 aliphatic rings. The molecule has 7 heterocycles. The van der Waals surface area contributed by atoms with Crippen LogP contribution in [-0.4, -0.2) is 199 Å². The van der Waals surface area contributed by atoms with E-state index in [-0.39, 0.29) is 90.3 Å². The molecular formula is C80H128O26. The molecule has 2 saturated carbocycles. The number of aliphatic hydroxyl groups is 2. The number of rotatable bonds is 19. The van der Waals surface area contributed by atoms with Crippen LogP contribution in [0, 0.1) is 29.6 Å². The SMILES string of the molecule is C=C(C)C(=O)OC1(C)CC(C)(OC)OC1C.C=C(C)C(=O)OC1(C)COC(C)(O)C1C.C=C(C)C(=O)OC1C2CC3C1OC(C)(C)C3C2.C=C(C)C(=O)OC1CCOC1(C)C.C=C(C)C(=O)OC1CCOC1(C)OC(C)C.C=C(C)C(=O)OC1CCOC1(O)C(C)C.C=C(C)C(=O)OC1COC(C)(OC)C1. The van der Waals surface area contributed by atoms with Crippen molar-refractivity contribution < 1.29 is 124 Å². The Labute approximate surface area is 629 Å². The normalized spacial score (nSPS) is 34.8. The van der Waals surface area contributed by atoms with Gasteiger partial charge < -0.3 is 90.7 Å². The lowest BCUT2D eigenvalue weighted by Crippen LogP contribution is -2.46. The van der Waals surface area contributed by atoms with Crippen molar-refractivity contribution in [2.24, 2.45) is 29.6 Å². The second-order valence-corrected chi connectivity index (χ2v) is 31.9. The van der Waals surface area contributed by atoms with Crippen molar-refractivity contribution in [2.45, 2.75) is 304 Å². The fourth-order valence-corrected chi connectivity index (χ4v) is 13.2. The van der Waals surface area contributed by atoms with Crippen LogP contribution >= 0.6 is 0 Å². The predicted molar refractivity (Wildman–Crippen MR) is 393 cm³/mol. The summed E-state index contributed by atoms with van der Waals surface area (Å²) in [5, 5.41) is 19.9. The highest BCUT2D eigenvalue weighted by molar-refractivity contribution is 5.89. The maximum absolute atomic E-state index is 11.6. The van der Waals surface area contributed by atoms with Gasteiger partial charge in [0.15, 0.2) is 29.6 Å². The van der Waals surface area contributed by atoms with Crippen LogP contribution in [0.1, 0.15) is 204 Å². The largest absolute Gasteiger partial charge is 0.456 e. The Kier molecular flexibility index (Phi) is 33.8. The molecule has 604 valence electrons. The molecule has 18 atom stereocenters. The molecular weight excluding hydrogens is 1380 g/mol. The van der Waals surface area contributed by atoms with Gasteiger partial charge in [-0.15, -0.1) is 0 Å². The standard InChI is InChI=1S/C14H20O3.2C12H20O4.2C11H18O4.C10H16O4.C10H16O3/c1-7(2)13(15)16-11-8-5-9-10(6-8)14(3,4)17-12(9)11;1-8(2)10(13)16-11(4)7-12(5,14-6)15-9(11)3;1-8(2)11(13)15-10-6-7-14-12(10,5)16-9(3)4;1-7(2)9(12)15-10(4)6-14-11(5,13)8(10)3;1-7(2)10(12)15-9-5-6-14-11(9,13)8(3)4;1-7(2)9(11)14-8-5-10(3,12-4)13-6-8;1-7(2)9(11)13-8-5-6-12-10(8,3)4/h8-12H,1,5-6H2,2-4H3;9H,1,7H2,2-6H3;9-10H,1,6-7H2,2-5H3;8,13H,1,6H2,2-5H3;8-9,13H,1,5-6H2,2-4H3;8H,1,5-6H2,2-4H3;8H,1,5-6H2,2-4H3. The predicted octanol–water partition coefficient (Wildman–Crippen LogP) is 11.8. The Hall–Kier alpha value is -6.01. The fraction of sp³-hybridized carbons (Fsp3) is 0.738. The Balaban J connectivity index is 0.000000321. The van der Waals surface area contributed by atoms with Gasteiger partial charge in [0, 0.05) is 91.3 Å².